The predicted molar refractivity (Wildman–Crippen MR) is 40.9 cm³/mol. The molecule has 46 valence electrons. The van der Waals surface area contributed by atoms with Gasteiger partial charge in [-0.3, -0.25) is 0 Å². The average molecular weight is 129 g/mol. The van der Waals surface area contributed by atoms with Crippen LogP contribution in [-0.4, -0.2) is 5.88 Å². The van der Waals surface area contributed by atoms with Crippen molar-refractivity contribution in [3.8, 4) is 0 Å². The Labute approximate surface area is 55.9 Å². The van der Waals surface area contributed by atoms with E-state index in [1.54, 1.807) is 0 Å². The molecular weight excluding hydrogens is 118 g/mol. The molecule has 0 heterocycles. The van der Waals surface area contributed by atoms with Crippen molar-refractivity contribution in [2.75, 3.05) is 5.88 Å². The SMILES string of the molecule is C=C(/C=C\C)NCS. The normalized spacial score (nSPS) is 9.75. The molecule has 0 aromatic carbocycles. The van der Waals surface area contributed by atoms with Crippen molar-refractivity contribution in [1.82, 2.24) is 5.32 Å². The highest BCUT2D eigenvalue weighted by Crippen LogP contribution is 1.85. The van der Waals surface area contributed by atoms with Crippen LogP contribution in [-0.2, 0) is 0 Å². The van der Waals surface area contributed by atoms with E-state index < -0.39 is 0 Å². The molecule has 8 heavy (non-hydrogen) atoms. The van der Waals surface area contributed by atoms with Crippen LogP contribution in [0.1, 0.15) is 6.92 Å². The van der Waals surface area contributed by atoms with Crippen molar-refractivity contribution in [1.29, 1.82) is 0 Å². The molecule has 0 spiro atoms. The van der Waals surface area contributed by atoms with Crippen molar-refractivity contribution in [3.05, 3.63) is 24.4 Å². The van der Waals surface area contributed by atoms with Crippen LogP contribution < -0.4 is 5.32 Å². The topological polar surface area (TPSA) is 12.0 Å². The molecule has 0 bridgehead atoms. The summed E-state index contributed by atoms with van der Waals surface area (Å²) in [6.07, 6.45) is 3.83. The van der Waals surface area contributed by atoms with Gasteiger partial charge in [0, 0.05) is 5.70 Å². The lowest BCUT2D eigenvalue weighted by Gasteiger charge is -1.97. The zero-order valence-corrected chi connectivity index (χ0v) is 5.91. The summed E-state index contributed by atoms with van der Waals surface area (Å²) in [5.41, 5.74) is 0.905. The predicted octanol–water partition coefficient (Wildman–Crippen LogP) is 1.55. The van der Waals surface area contributed by atoms with Crippen LogP contribution in [0.5, 0.6) is 0 Å². The summed E-state index contributed by atoms with van der Waals surface area (Å²) in [5.74, 6) is 0.642. The van der Waals surface area contributed by atoms with Crippen molar-refractivity contribution < 1.29 is 0 Å². The maximum absolute atomic E-state index is 3.95. The van der Waals surface area contributed by atoms with Gasteiger partial charge in [-0.25, -0.2) is 0 Å². The maximum atomic E-state index is 3.95. The molecule has 0 aliphatic rings. The van der Waals surface area contributed by atoms with E-state index in [-0.39, 0.29) is 0 Å². The molecule has 0 aromatic heterocycles. The summed E-state index contributed by atoms with van der Waals surface area (Å²) >= 11 is 3.95. The highest BCUT2D eigenvalue weighted by atomic mass is 32.1. The molecule has 0 aromatic rings. The van der Waals surface area contributed by atoms with E-state index in [9.17, 15) is 0 Å². The fourth-order valence-corrected chi connectivity index (χ4v) is 0.565. The third-order valence-electron chi connectivity index (χ3n) is 0.674. The number of thiol groups is 1. The standard InChI is InChI=1S/C6H11NS/c1-3-4-6(2)7-5-8/h3-4,7-8H,2,5H2,1H3/b4-3-. The molecule has 2 heteroatoms. The van der Waals surface area contributed by atoms with E-state index >= 15 is 0 Å². The second-order valence-electron chi connectivity index (χ2n) is 1.36. The zero-order valence-electron chi connectivity index (χ0n) is 5.02. The first-order valence-corrected chi connectivity index (χ1v) is 3.11. The largest absolute Gasteiger partial charge is 0.377 e. The number of hydrogen-bond acceptors (Lipinski definition) is 2. The third kappa shape index (κ3) is 3.81. The molecule has 0 amide bonds. The Morgan fingerprint density at radius 3 is 2.88 bits per heavy atom. The number of hydrogen-bond donors (Lipinski definition) is 2. The van der Waals surface area contributed by atoms with Crippen LogP contribution in [0.15, 0.2) is 24.4 Å². The van der Waals surface area contributed by atoms with Crippen molar-refractivity contribution >= 4 is 12.6 Å². The highest BCUT2D eigenvalue weighted by molar-refractivity contribution is 7.80. The van der Waals surface area contributed by atoms with Crippen LogP contribution in [0.3, 0.4) is 0 Å². The first kappa shape index (κ1) is 7.63. The summed E-state index contributed by atoms with van der Waals surface area (Å²) in [5, 5.41) is 2.93. The van der Waals surface area contributed by atoms with Crippen LogP contribution in [0, 0.1) is 0 Å². The van der Waals surface area contributed by atoms with E-state index in [1.807, 2.05) is 19.1 Å². The number of allylic oxidation sites excluding steroid dienone is 2. The van der Waals surface area contributed by atoms with E-state index in [1.165, 1.54) is 0 Å². The van der Waals surface area contributed by atoms with E-state index in [4.69, 9.17) is 0 Å². The molecule has 0 rings (SSSR count). The fraction of sp³-hybridized carbons (Fsp3) is 0.333. The van der Waals surface area contributed by atoms with Gasteiger partial charge in [-0.15, -0.1) is 0 Å². The molecular formula is C6H11NS. The molecule has 0 fully saturated rings. The Hall–Kier alpha value is -0.370. The van der Waals surface area contributed by atoms with Crippen LogP contribution >= 0.6 is 12.6 Å². The van der Waals surface area contributed by atoms with Crippen LogP contribution in [0.2, 0.25) is 0 Å². The molecule has 1 N–H and O–H groups in total. The molecule has 0 saturated heterocycles. The fourth-order valence-electron chi connectivity index (χ4n) is 0.362. The third-order valence-corrected chi connectivity index (χ3v) is 0.832. The van der Waals surface area contributed by atoms with Gasteiger partial charge >= 0.3 is 0 Å². The molecule has 0 saturated carbocycles. The van der Waals surface area contributed by atoms with Gasteiger partial charge in [-0.2, -0.15) is 12.6 Å². The second-order valence-corrected chi connectivity index (χ2v) is 1.68. The van der Waals surface area contributed by atoms with E-state index in [0.717, 1.165) is 5.70 Å². The Kier molecular flexibility index (Phi) is 4.56. The molecule has 0 aliphatic heterocycles. The van der Waals surface area contributed by atoms with Crippen molar-refractivity contribution in [3.63, 3.8) is 0 Å². The molecule has 0 radical (unpaired) electrons. The van der Waals surface area contributed by atoms with Crippen molar-refractivity contribution in [2.24, 2.45) is 0 Å². The van der Waals surface area contributed by atoms with E-state index in [0.29, 0.717) is 5.88 Å². The average Bonchev–Trinajstić information content (AvgIpc) is 1.68. The lowest BCUT2D eigenvalue weighted by Crippen LogP contribution is -2.06. The Bertz CT molecular complexity index is 96.7. The molecule has 1 nitrogen and oxygen atoms in total. The second kappa shape index (κ2) is 4.78. The molecule has 0 aliphatic carbocycles. The number of rotatable bonds is 3. The summed E-state index contributed by atoms with van der Waals surface area (Å²) in [6, 6.07) is 0. The van der Waals surface area contributed by atoms with Gasteiger partial charge in [-0.1, -0.05) is 12.7 Å². The van der Waals surface area contributed by atoms with Gasteiger partial charge in [0.05, 0.1) is 5.88 Å². The minimum atomic E-state index is 0.642. The molecule has 0 unspecified atom stereocenters. The van der Waals surface area contributed by atoms with Crippen LogP contribution in [0.4, 0.5) is 0 Å². The lowest BCUT2D eigenvalue weighted by atomic mass is 10.4. The first-order chi connectivity index (χ1) is 3.81. The highest BCUT2D eigenvalue weighted by Gasteiger charge is 1.77. The lowest BCUT2D eigenvalue weighted by molar-refractivity contribution is 1.01. The van der Waals surface area contributed by atoms with Gasteiger partial charge in [0.25, 0.3) is 0 Å². The minimum absolute atomic E-state index is 0.642. The Balaban J connectivity index is 3.33. The minimum Gasteiger partial charge on any atom is -0.377 e. The Morgan fingerprint density at radius 2 is 2.50 bits per heavy atom. The van der Waals surface area contributed by atoms with Crippen molar-refractivity contribution in [2.45, 2.75) is 6.92 Å². The smallest absolute Gasteiger partial charge is 0.0581 e. The number of nitrogens with one attached hydrogen (secondary N) is 1. The van der Waals surface area contributed by atoms with Crippen LogP contribution in [0.25, 0.3) is 0 Å². The van der Waals surface area contributed by atoms with Gasteiger partial charge in [0.2, 0.25) is 0 Å². The van der Waals surface area contributed by atoms with Gasteiger partial charge in [-0.05, 0) is 13.0 Å². The maximum Gasteiger partial charge on any atom is 0.0581 e. The van der Waals surface area contributed by atoms with Gasteiger partial charge < -0.3 is 5.32 Å². The van der Waals surface area contributed by atoms with Gasteiger partial charge in [0.15, 0.2) is 0 Å². The summed E-state index contributed by atoms with van der Waals surface area (Å²) in [6.45, 7) is 5.64. The quantitative estimate of drug-likeness (QED) is 0.335. The molecule has 0 atom stereocenters. The van der Waals surface area contributed by atoms with Gasteiger partial charge in [0.1, 0.15) is 0 Å². The monoisotopic (exact) mass is 129 g/mol. The zero-order chi connectivity index (χ0) is 6.41. The first-order valence-electron chi connectivity index (χ1n) is 2.47. The summed E-state index contributed by atoms with van der Waals surface area (Å²) in [4.78, 5) is 0. The summed E-state index contributed by atoms with van der Waals surface area (Å²) in [7, 11) is 0. The van der Waals surface area contributed by atoms with E-state index in [2.05, 4.69) is 24.5 Å². The summed E-state index contributed by atoms with van der Waals surface area (Å²) < 4.78 is 0. The Morgan fingerprint density at radius 1 is 1.88 bits per heavy atom.